The lowest BCUT2D eigenvalue weighted by Crippen LogP contribution is -1.94. The van der Waals surface area contributed by atoms with Gasteiger partial charge in [-0.25, -0.2) is 0 Å². The van der Waals surface area contributed by atoms with Gasteiger partial charge in [0.15, 0.2) is 10.8 Å². The number of ether oxygens (including phenoxy) is 2. The van der Waals surface area contributed by atoms with Gasteiger partial charge in [0.2, 0.25) is 4.96 Å². The average Bonchev–Trinajstić information content (AvgIpc) is 3.22. The maximum atomic E-state index is 5.96. The lowest BCUT2D eigenvalue weighted by Gasteiger charge is -2.10. The van der Waals surface area contributed by atoms with Gasteiger partial charge in [0, 0.05) is 10.6 Å². The number of halogens is 1. The van der Waals surface area contributed by atoms with E-state index in [0.717, 1.165) is 16.1 Å². The van der Waals surface area contributed by atoms with E-state index >= 15 is 0 Å². The van der Waals surface area contributed by atoms with Gasteiger partial charge < -0.3 is 9.47 Å². The smallest absolute Gasteiger partial charge is 0.235 e. The summed E-state index contributed by atoms with van der Waals surface area (Å²) in [6.45, 7) is 0. The lowest BCUT2D eigenvalue weighted by atomic mass is 10.2. The SMILES string of the molecule is COc1cccc(OC)c1-c1nn2c(-c3ccc(Cl)cc3)nnc2s1. The van der Waals surface area contributed by atoms with E-state index in [2.05, 4.69) is 15.3 Å². The van der Waals surface area contributed by atoms with Crippen molar-refractivity contribution in [3.05, 3.63) is 47.5 Å². The average molecular weight is 373 g/mol. The van der Waals surface area contributed by atoms with Crippen LogP contribution >= 0.6 is 22.9 Å². The molecule has 6 nitrogen and oxygen atoms in total. The number of fused-ring (bicyclic) bond motifs is 1. The van der Waals surface area contributed by atoms with Crippen molar-refractivity contribution in [1.82, 2.24) is 19.8 Å². The van der Waals surface area contributed by atoms with Gasteiger partial charge in [-0.2, -0.15) is 9.61 Å². The first kappa shape index (κ1) is 15.9. The molecule has 0 atom stereocenters. The zero-order valence-electron chi connectivity index (χ0n) is 13.4. The Morgan fingerprint density at radius 1 is 0.960 bits per heavy atom. The van der Waals surface area contributed by atoms with Gasteiger partial charge in [-0.1, -0.05) is 29.0 Å². The number of methoxy groups -OCH3 is 2. The molecule has 8 heteroatoms. The molecule has 2 heterocycles. The van der Waals surface area contributed by atoms with Crippen LogP contribution in [-0.4, -0.2) is 34.0 Å². The molecule has 0 amide bonds. The molecule has 0 aliphatic heterocycles. The molecule has 0 N–H and O–H groups in total. The second-order valence-corrected chi connectivity index (χ2v) is 6.56. The van der Waals surface area contributed by atoms with Gasteiger partial charge in [-0.15, -0.1) is 10.2 Å². The third-order valence-corrected chi connectivity index (χ3v) is 4.90. The molecule has 2 aromatic carbocycles. The lowest BCUT2D eigenvalue weighted by molar-refractivity contribution is 0.397. The summed E-state index contributed by atoms with van der Waals surface area (Å²) in [6.07, 6.45) is 0. The fraction of sp³-hybridized carbons (Fsp3) is 0.118. The molecule has 0 fully saturated rings. The first-order valence-electron chi connectivity index (χ1n) is 7.41. The van der Waals surface area contributed by atoms with Gasteiger partial charge in [0.1, 0.15) is 11.5 Å². The summed E-state index contributed by atoms with van der Waals surface area (Å²) in [6, 6.07) is 13.0. The summed E-state index contributed by atoms with van der Waals surface area (Å²) in [4.78, 5) is 0.688. The minimum Gasteiger partial charge on any atom is -0.496 e. The quantitative estimate of drug-likeness (QED) is 0.537. The Kier molecular flexibility index (Phi) is 4.03. The Balaban J connectivity index is 1.88. The van der Waals surface area contributed by atoms with E-state index in [9.17, 15) is 0 Å². The molecule has 0 radical (unpaired) electrons. The van der Waals surface area contributed by atoms with Gasteiger partial charge >= 0.3 is 0 Å². The fourth-order valence-corrected chi connectivity index (χ4v) is 3.58. The van der Waals surface area contributed by atoms with Crippen LogP contribution in [0.25, 0.3) is 26.9 Å². The number of rotatable bonds is 4. The van der Waals surface area contributed by atoms with Crippen LogP contribution in [0.3, 0.4) is 0 Å². The van der Waals surface area contributed by atoms with Crippen LogP contribution in [-0.2, 0) is 0 Å². The van der Waals surface area contributed by atoms with E-state index in [4.69, 9.17) is 21.1 Å². The summed E-state index contributed by atoms with van der Waals surface area (Å²) >= 11 is 7.38. The topological polar surface area (TPSA) is 61.5 Å². The second kappa shape index (κ2) is 6.34. The second-order valence-electron chi connectivity index (χ2n) is 5.17. The van der Waals surface area contributed by atoms with Gasteiger partial charge in [-0.05, 0) is 36.4 Å². The highest BCUT2D eigenvalue weighted by Crippen LogP contribution is 2.40. The van der Waals surface area contributed by atoms with Crippen molar-refractivity contribution in [2.45, 2.75) is 0 Å². The van der Waals surface area contributed by atoms with Crippen molar-refractivity contribution in [2.75, 3.05) is 14.2 Å². The summed E-state index contributed by atoms with van der Waals surface area (Å²) in [5.74, 6) is 2.04. The predicted molar refractivity (Wildman–Crippen MR) is 97.6 cm³/mol. The molecular weight excluding hydrogens is 360 g/mol. The van der Waals surface area contributed by atoms with Crippen LogP contribution in [0, 0.1) is 0 Å². The van der Waals surface area contributed by atoms with E-state index in [0.29, 0.717) is 27.3 Å². The van der Waals surface area contributed by atoms with Crippen molar-refractivity contribution in [2.24, 2.45) is 0 Å². The van der Waals surface area contributed by atoms with Crippen molar-refractivity contribution in [1.29, 1.82) is 0 Å². The Morgan fingerprint density at radius 2 is 1.64 bits per heavy atom. The standard InChI is InChI=1S/C17H13ClN4O2S/c1-23-12-4-3-5-13(24-2)14(12)16-21-22-15(19-20-17(22)25-16)10-6-8-11(18)9-7-10/h3-9H,1-2H3. The summed E-state index contributed by atoms with van der Waals surface area (Å²) in [7, 11) is 3.25. The molecule has 25 heavy (non-hydrogen) atoms. The Morgan fingerprint density at radius 3 is 2.28 bits per heavy atom. The van der Waals surface area contributed by atoms with Crippen LogP contribution in [0.2, 0.25) is 5.02 Å². The van der Waals surface area contributed by atoms with E-state index in [-0.39, 0.29) is 0 Å². The summed E-state index contributed by atoms with van der Waals surface area (Å²) in [5.41, 5.74) is 1.69. The van der Waals surface area contributed by atoms with Crippen LogP contribution < -0.4 is 9.47 Å². The van der Waals surface area contributed by atoms with Crippen LogP contribution in [0.1, 0.15) is 0 Å². The fourth-order valence-electron chi connectivity index (χ4n) is 2.56. The minimum absolute atomic E-state index is 0.656. The number of hydrogen-bond acceptors (Lipinski definition) is 6. The third-order valence-electron chi connectivity index (χ3n) is 3.73. The monoisotopic (exact) mass is 372 g/mol. The molecule has 126 valence electrons. The number of nitrogens with zero attached hydrogens (tertiary/aromatic N) is 4. The van der Waals surface area contributed by atoms with Crippen LogP contribution in [0.5, 0.6) is 11.5 Å². The summed E-state index contributed by atoms with van der Waals surface area (Å²) in [5, 5.41) is 14.5. The van der Waals surface area contributed by atoms with E-state index in [1.165, 1.54) is 11.3 Å². The van der Waals surface area contributed by atoms with Gasteiger partial charge in [-0.3, -0.25) is 0 Å². The van der Waals surface area contributed by atoms with E-state index < -0.39 is 0 Å². The number of hydrogen-bond donors (Lipinski definition) is 0. The molecule has 0 unspecified atom stereocenters. The Hall–Kier alpha value is -2.64. The summed E-state index contributed by atoms with van der Waals surface area (Å²) < 4.78 is 12.7. The maximum absolute atomic E-state index is 5.96. The van der Waals surface area contributed by atoms with E-state index in [1.54, 1.807) is 18.7 Å². The first-order valence-corrected chi connectivity index (χ1v) is 8.60. The van der Waals surface area contributed by atoms with Gasteiger partial charge in [0.05, 0.1) is 19.8 Å². The Labute approximate surface area is 152 Å². The Bertz CT molecular complexity index is 1020. The van der Waals surface area contributed by atoms with Crippen molar-refractivity contribution in [3.8, 4) is 33.5 Å². The third kappa shape index (κ3) is 2.71. The molecule has 0 bridgehead atoms. The molecule has 0 saturated heterocycles. The normalized spacial score (nSPS) is 11.0. The molecule has 0 spiro atoms. The van der Waals surface area contributed by atoms with Crippen molar-refractivity contribution >= 4 is 27.9 Å². The minimum atomic E-state index is 0.656. The molecule has 4 aromatic rings. The molecule has 0 aliphatic rings. The highest BCUT2D eigenvalue weighted by atomic mass is 35.5. The molecule has 2 aromatic heterocycles. The van der Waals surface area contributed by atoms with Crippen molar-refractivity contribution < 1.29 is 9.47 Å². The van der Waals surface area contributed by atoms with Crippen molar-refractivity contribution in [3.63, 3.8) is 0 Å². The molecular formula is C17H13ClN4O2S. The highest BCUT2D eigenvalue weighted by Gasteiger charge is 2.20. The molecule has 0 saturated carbocycles. The predicted octanol–water partition coefficient (Wildman–Crippen LogP) is 4.19. The largest absolute Gasteiger partial charge is 0.496 e. The van der Waals surface area contributed by atoms with Crippen LogP contribution in [0.15, 0.2) is 42.5 Å². The highest BCUT2D eigenvalue weighted by molar-refractivity contribution is 7.19. The zero-order valence-corrected chi connectivity index (χ0v) is 15.0. The van der Waals surface area contributed by atoms with E-state index in [1.807, 2.05) is 42.5 Å². The molecule has 0 aliphatic carbocycles. The maximum Gasteiger partial charge on any atom is 0.235 e. The van der Waals surface area contributed by atoms with Crippen LogP contribution in [0.4, 0.5) is 0 Å². The zero-order chi connectivity index (χ0) is 17.4. The number of benzene rings is 2. The van der Waals surface area contributed by atoms with Gasteiger partial charge in [0.25, 0.3) is 0 Å². The number of aromatic nitrogens is 4. The first-order chi connectivity index (χ1) is 12.2. The molecule has 4 rings (SSSR count).